The van der Waals surface area contributed by atoms with E-state index in [1.54, 1.807) is 0 Å². The number of terminal acetylenes is 1. The van der Waals surface area contributed by atoms with E-state index in [1.165, 1.54) is 0 Å². The third-order valence-corrected chi connectivity index (χ3v) is 1.90. The zero-order valence-electron chi connectivity index (χ0n) is 7.58. The summed E-state index contributed by atoms with van der Waals surface area (Å²) in [6.07, 6.45) is 7.13. The third kappa shape index (κ3) is 2.49. The Labute approximate surface area is 73.4 Å². The molecule has 1 saturated heterocycles. The molecule has 2 atom stereocenters. The van der Waals surface area contributed by atoms with Crippen LogP contribution in [0, 0.1) is 12.3 Å². The first-order chi connectivity index (χ1) is 5.72. The number of aliphatic hydroxyl groups is 2. The second-order valence-electron chi connectivity index (χ2n) is 2.76. The Morgan fingerprint density at radius 2 is 2.25 bits per heavy atom. The summed E-state index contributed by atoms with van der Waals surface area (Å²) in [6, 6.07) is 0. The van der Waals surface area contributed by atoms with Crippen LogP contribution in [0.5, 0.6) is 0 Å². The molecule has 0 aromatic heterocycles. The van der Waals surface area contributed by atoms with E-state index in [-0.39, 0.29) is 12.7 Å². The van der Waals surface area contributed by atoms with E-state index in [1.807, 2.05) is 6.92 Å². The summed E-state index contributed by atoms with van der Waals surface area (Å²) in [6.45, 7) is 1.91. The van der Waals surface area contributed by atoms with Crippen molar-refractivity contribution in [1.29, 1.82) is 0 Å². The molecule has 1 heterocycles. The fraction of sp³-hybridized carbons (Fsp3) is 0.778. The lowest BCUT2D eigenvalue weighted by atomic mass is 10.0. The van der Waals surface area contributed by atoms with Crippen LogP contribution in [-0.4, -0.2) is 35.6 Å². The van der Waals surface area contributed by atoms with Crippen molar-refractivity contribution in [3.63, 3.8) is 0 Å². The van der Waals surface area contributed by atoms with Crippen molar-refractivity contribution in [2.24, 2.45) is 0 Å². The molecular weight excluding hydrogens is 156 g/mol. The van der Waals surface area contributed by atoms with Crippen molar-refractivity contribution in [1.82, 2.24) is 0 Å². The Morgan fingerprint density at radius 1 is 1.67 bits per heavy atom. The standard InChI is InChI=1S/C8H12O2.CH4O/c1-3-8(6-9)5-4-7(2)10-8;1-2/h1,7,9H,4-6H2,2H3;2H,1H3. The van der Waals surface area contributed by atoms with Crippen molar-refractivity contribution in [2.75, 3.05) is 13.7 Å². The molecule has 0 amide bonds. The molecular formula is C9H16O3. The Bertz CT molecular complexity index is 162. The first kappa shape index (κ1) is 11.4. The Balaban J connectivity index is 0.000000561. The Morgan fingerprint density at radius 3 is 2.42 bits per heavy atom. The molecule has 1 fully saturated rings. The molecule has 0 saturated carbocycles. The van der Waals surface area contributed by atoms with Crippen molar-refractivity contribution < 1.29 is 14.9 Å². The summed E-state index contributed by atoms with van der Waals surface area (Å²) < 4.78 is 5.36. The average molecular weight is 172 g/mol. The maximum absolute atomic E-state index is 8.87. The van der Waals surface area contributed by atoms with E-state index in [0.717, 1.165) is 20.0 Å². The number of rotatable bonds is 1. The minimum atomic E-state index is -0.667. The molecule has 1 rings (SSSR count). The van der Waals surface area contributed by atoms with Crippen LogP contribution in [0.1, 0.15) is 19.8 Å². The SMILES string of the molecule is C#CC1(CO)CCC(C)O1.CO. The number of ether oxygens (including phenoxy) is 1. The number of aliphatic hydroxyl groups excluding tert-OH is 2. The van der Waals surface area contributed by atoms with Crippen molar-refractivity contribution in [3.05, 3.63) is 0 Å². The molecule has 2 N–H and O–H groups in total. The molecule has 12 heavy (non-hydrogen) atoms. The maximum Gasteiger partial charge on any atom is 0.151 e. The molecule has 0 aromatic carbocycles. The molecule has 0 spiro atoms. The van der Waals surface area contributed by atoms with Gasteiger partial charge >= 0.3 is 0 Å². The highest BCUT2D eigenvalue weighted by Crippen LogP contribution is 2.28. The number of hydrogen-bond donors (Lipinski definition) is 2. The second kappa shape index (κ2) is 5.15. The van der Waals surface area contributed by atoms with Gasteiger partial charge in [-0.3, -0.25) is 0 Å². The molecule has 3 nitrogen and oxygen atoms in total. The van der Waals surface area contributed by atoms with Gasteiger partial charge in [0.15, 0.2) is 5.60 Å². The highest BCUT2D eigenvalue weighted by molar-refractivity contribution is 5.11. The largest absolute Gasteiger partial charge is 0.400 e. The van der Waals surface area contributed by atoms with E-state index in [0.29, 0.717) is 0 Å². The van der Waals surface area contributed by atoms with Gasteiger partial charge in [0.1, 0.15) is 0 Å². The predicted octanol–water partition coefficient (Wildman–Crippen LogP) is 0.158. The maximum atomic E-state index is 8.87. The van der Waals surface area contributed by atoms with Gasteiger partial charge < -0.3 is 14.9 Å². The van der Waals surface area contributed by atoms with Gasteiger partial charge in [0.2, 0.25) is 0 Å². The molecule has 1 aliphatic rings. The van der Waals surface area contributed by atoms with Crippen LogP contribution < -0.4 is 0 Å². The van der Waals surface area contributed by atoms with Crippen LogP contribution in [0.3, 0.4) is 0 Å². The van der Waals surface area contributed by atoms with Crippen molar-refractivity contribution >= 4 is 0 Å². The van der Waals surface area contributed by atoms with Gasteiger partial charge in [-0.1, -0.05) is 5.92 Å². The van der Waals surface area contributed by atoms with Crippen LogP contribution in [0.4, 0.5) is 0 Å². The summed E-state index contributed by atoms with van der Waals surface area (Å²) in [4.78, 5) is 0. The van der Waals surface area contributed by atoms with Gasteiger partial charge in [-0.25, -0.2) is 0 Å². The minimum absolute atomic E-state index is 0.0617. The smallest absolute Gasteiger partial charge is 0.151 e. The molecule has 0 aromatic rings. The van der Waals surface area contributed by atoms with Crippen LogP contribution in [0.25, 0.3) is 0 Å². The van der Waals surface area contributed by atoms with Crippen molar-refractivity contribution in [3.8, 4) is 12.3 Å². The van der Waals surface area contributed by atoms with E-state index < -0.39 is 5.60 Å². The van der Waals surface area contributed by atoms with Gasteiger partial charge in [0, 0.05) is 7.11 Å². The molecule has 0 aliphatic carbocycles. The Kier molecular flexibility index (Phi) is 4.91. The topological polar surface area (TPSA) is 49.7 Å². The quantitative estimate of drug-likeness (QED) is 0.554. The van der Waals surface area contributed by atoms with Crippen molar-refractivity contribution in [2.45, 2.75) is 31.5 Å². The third-order valence-electron chi connectivity index (χ3n) is 1.90. The fourth-order valence-corrected chi connectivity index (χ4v) is 1.21. The van der Waals surface area contributed by atoms with E-state index in [2.05, 4.69) is 5.92 Å². The minimum Gasteiger partial charge on any atom is -0.400 e. The monoisotopic (exact) mass is 172 g/mol. The van der Waals surface area contributed by atoms with E-state index in [4.69, 9.17) is 21.4 Å². The summed E-state index contributed by atoms with van der Waals surface area (Å²) in [5.74, 6) is 2.49. The molecule has 1 aliphatic heterocycles. The average Bonchev–Trinajstić information content (AvgIpc) is 2.52. The van der Waals surface area contributed by atoms with Gasteiger partial charge in [-0.05, 0) is 19.8 Å². The zero-order valence-corrected chi connectivity index (χ0v) is 7.58. The Hall–Kier alpha value is -0.560. The zero-order chi connectivity index (χ0) is 9.61. The van der Waals surface area contributed by atoms with E-state index in [9.17, 15) is 0 Å². The molecule has 0 radical (unpaired) electrons. The van der Waals surface area contributed by atoms with E-state index >= 15 is 0 Å². The first-order valence-electron chi connectivity index (χ1n) is 3.93. The van der Waals surface area contributed by atoms with Gasteiger partial charge in [0.25, 0.3) is 0 Å². The lowest BCUT2D eigenvalue weighted by molar-refractivity contribution is -0.0274. The fourth-order valence-electron chi connectivity index (χ4n) is 1.21. The highest BCUT2D eigenvalue weighted by Gasteiger charge is 2.35. The number of hydrogen-bond acceptors (Lipinski definition) is 3. The predicted molar refractivity (Wildman–Crippen MR) is 46.6 cm³/mol. The second-order valence-corrected chi connectivity index (χ2v) is 2.76. The molecule has 2 unspecified atom stereocenters. The van der Waals surface area contributed by atoms with Crippen LogP contribution >= 0.6 is 0 Å². The highest BCUT2D eigenvalue weighted by atomic mass is 16.5. The van der Waals surface area contributed by atoms with Crippen LogP contribution in [-0.2, 0) is 4.74 Å². The van der Waals surface area contributed by atoms with Crippen LogP contribution in [0.15, 0.2) is 0 Å². The summed E-state index contributed by atoms with van der Waals surface area (Å²) in [5.41, 5.74) is -0.667. The first-order valence-corrected chi connectivity index (χ1v) is 3.93. The molecule has 70 valence electrons. The lowest BCUT2D eigenvalue weighted by Gasteiger charge is -2.19. The molecule has 3 heteroatoms. The summed E-state index contributed by atoms with van der Waals surface area (Å²) in [7, 11) is 1.00. The lowest BCUT2D eigenvalue weighted by Crippen LogP contribution is -2.31. The van der Waals surface area contributed by atoms with Gasteiger partial charge in [-0.15, -0.1) is 6.42 Å². The molecule has 0 bridgehead atoms. The normalized spacial score (nSPS) is 33.4. The van der Waals surface area contributed by atoms with Crippen LogP contribution in [0.2, 0.25) is 0 Å². The summed E-state index contributed by atoms with van der Waals surface area (Å²) in [5, 5.41) is 15.9. The van der Waals surface area contributed by atoms with Gasteiger partial charge in [-0.2, -0.15) is 0 Å². The van der Waals surface area contributed by atoms with Gasteiger partial charge in [0.05, 0.1) is 12.7 Å². The summed E-state index contributed by atoms with van der Waals surface area (Å²) >= 11 is 0.